The van der Waals surface area contributed by atoms with Gasteiger partial charge in [-0.05, 0) is 44.0 Å². The third-order valence-electron chi connectivity index (χ3n) is 4.87. The lowest BCUT2D eigenvalue weighted by Gasteiger charge is -2.31. The minimum Gasteiger partial charge on any atom is -0.497 e. The van der Waals surface area contributed by atoms with Crippen molar-refractivity contribution in [3.05, 3.63) is 35.8 Å². The highest BCUT2D eigenvalue weighted by atomic mass is 32.2. The Labute approximate surface area is 179 Å². The lowest BCUT2D eigenvalue weighted by atomic mass is 9.98. The number of amides is 2. The van der Waals surface area contributed by atoms with Crippen LogP contribution in [0.2, 0.25) is 0 Å². The van der Waals surface area contributed by atoms with Gasteiger partial charge in [-0.2, -0.15) is 4.31 Å². The highest BCUT2D eigenvalue weighted by Gasteiger charge is 2.34. The summed E-state index contributed by atoms with van der Waals surface area (Å²) in [4.78, 5) is 29.0. The van der Waals surface area contributed by atoms with Gasteiger partial charge in [0.25, 0.3) is 0 Å². The molecule has 0 bridgehead atoms. The number of thiazole rings is 1. The first kappa shape index (κ1) is 22.2. The lowest BCUT2D eigenvalue weighted by molar-refractivity contribution is -0.129. The molecule has 1 saturated heterocycles. The van der Waals surface area contributed by atoms with Gasteiger partial charge < -0.3 is 15.4 Å². The quantitative estimate of drug-likeness (QED) is 0.660. The number of carbonyl (C=O) groups excluding carboxylic acids is 2. The molecular weight excluding hydrogens is 428 g/mol. The zero-order valence-electron chi connectivity index (χ0n) is 16.7. The number of nitrogens with one attached hydrogen (secondary N) is 2. The summed E-state index contributed by atoms with van der Waals surface area (Å²) in [6.07, 6.45) is 2.69. The number of carbonyl (C=O) groups is 2. The first-order valence-electron chi connectivity index (χ1n) is 9.46. The molecule has 3 rings (SSSR count). The van der Waals surface area contributed by atoms with Crippen molar-refractivity contribution in [3.8, 4) is 5.75 Å². The maximum atomic E-state index is 12.9. The standard InChI is InChI=1S/C19H24N4O5S2/c1-13(17(24)22-19-20-9-11-29-19)21-18(25)14-4-3-10-23(12-14)30(26,27)16-7-5-15(28-2)6-8-16/h5-9,11,13-14H,3-4,10,12H2,1-2H3,(H,21,25)(H,20,22,24)/t13-,14-/m1/s1. The molecule has 0 spiro atoms. The van der Waals surface area contributed by atoms with E-state index in [2.05, 4.69) is 15.6 Å². The summed E-state index contributed by atoms with van der Waals surface area (Å²) in [6.45, 7) is 1.99. The number of hydrogen-bond donors (Lipinski definition) is 2. The fourth-order valence-corrected chi connectivity index (χ4v) is 5.22. The molecule has 30 heavy (non-hydrogen) atoms. The second-order valence-corrected chi connectivity index (χ2v) is 9.77. The molecule has 11 heteroatoms. The Morgan fingerprint density at radius 1 is 1.30 bits per heavy atom. The van der Waals surface area contributed by atoms with Crippen molar-refractivity contribution in [2.75, 3.05) is 25.5 Å². The molecule has 1 aliphatic rings. The monoisotopic (exact) mass is 452 g/mol. The van der Waals surface area contributed by atoms with E-state index in [1.807, 2.05) is 0 Å². The first-order chi connectivity index (χ1) is 14.3. The molecule has 0 aliphatic carbocycles. The van der Waals surface area contributed by atoms with E-state index in [-0.39, 0.29) is 23.3 Å². The van der Waals surface area contributed by atoms with Gasteiger partial charge in [-0.15, -0.1) is 11.3 Å². The van der Waals surface area contributed by atoms with Crippen LogP contribution in [0.3, 0.4) is 0 Å². The van der Waals surface area contributed by atoms with Crippen molar-refractivity contribution in [1.82, 2.24) is 14.6 Å². The molecule has 2 amide bonds. The number of nitrogens with zero attached hydrogens (tertiary/aromatic N) is 2. The van der Waals surface area contributed by atoms with Gasteiger partial charge in [0.2, 0.25) is 21.8 Å². The van der Waals surface area contributed by atoms with Crippen LogP contribution >= 0.6 is 11.3 Å². The Morgan fingerprint density at radius 2 is 2.03 bits per heavy atom. The van der Waals surface area contributed by atoms with Crippen molar-refractivity contribution >= 4 is 38.3 Å². The number of sulfonamides is 1. The highest BCUT2D eigenvalue weighted by molar-refractivity contribution is 7.89. The van der Waals surface area contributed by atoms with Gasteiger partial charge in [0.05, 0.1) is 17.9 Å². The van der Waals surface area contributed by atoms with Gasteiger partial charge in [-0.25, -0.2) is 13.4 Å². The van der Waals surface area contributed by atoms with Crippen LogP contribution in [0.5, 0.6) is 5.75 Å². The average molecular weight is 453 g/mol. The fraction of sp³-hybridized carbons (Fsp3) is 0.421. The van der Waals surface area contributed by atoms with Crippen molar-refractivity contribution in [2.24, 2.45) is 5.92 Å². The van der Waals surface area contributed by atoms with Crippen molar-refractivity contribution in [3.63, 3.8) is 0 Å². The van der Waals surface area contributed by atoms with E-state index in [0.717, 1.165) is 0 Å². The van der Waals surface area contributed by atoms with E-state index in [9.17, 15) is 18.0 Å². The molecule has 1 aromatic carbocycles. The summed E-state index contributed by atoms with van der Waals surface area (Å²) in [6, 6.07) is 5.38. The van der Waals surface area contributed by atoms with Crippen LogP contribution in [-0.2, 0) is 19.6 Å². The maximum Gasteiger partial charge on any atom is 0.248 e. The van der Waals surface area contributed by atoms with Crippen LogP contribution in [-0.4, -0.2) is 55.8 Å². The van der Waals surface area contributed by atoms with Crippen LogP contribution < -0.4 is 15.4 Å². The molecule has 2 heterocycles. The zero-order chi connectivity index (χ0) is 21.7. The van der Waals surface area contributed by atoms with E-state index in [4.69, 9.17) is 4.74 Å². The second-order valence-electron chi connectivity index (χ2n) is 6.93. The minimum absolute atomic E-state index is 0.0705. The number of aromatic nitrogens is 1. The minimum atomic E-state index is -3.72. The molecule has 9 nitrogen and oxygen atoms in total. The second kappa shape index (κ2) is 9.54. The Kier molecular flexibility index (Phi) is 7.06. The molecular formula is C19H24N4O5S2. The van der Waals surface area contributed by atoms with Crippen LogP contribution in [0.15, 0.2) is 40.7 Å². The van der Waals surface area contributed by atoms with Crippen LogP contribution in [0.4, 0.5) is 5.13 Å². The third kappa shape index (κ3) is 5.15. The van der Waals surface area contributed by atoms with Crippen LogP contribution in [0, 0.1) is 5.92 Å². The highest BCUT2D eigenvalue weighted by Crippen LogP contribution is 2.25. The van der Waals surface area contributed by atoms with Crippen molar-refractivity contribution in [2.45, 2.75) is 30.7 Å². The maximum absolute atomic E-state index is 12.9. The van der Waals surface area contributed by atoms with Gasteiger partial charge in [-0.3, -0.25) is 9.59 Å². The van der Waals surface area contributed by atoms with Gasteiger partial charge in [0.1, 0.15) is 11.8 Å². The lowest BCUT2D eigenvalue weighted by Crippen LogP contribution is -2.49. The van der Waals surface area contributed by atoms with E-state index in [1.165, 1.54) is 34.9 Å². The molecule has 0 saturated carbocycles. The summed E-state index contributed by atoms with van der Waals surface area (Å²) >= 11 is 1.28. The van der Waals surface area contributed by atoms with Gasteiger partial charge in [-0.1, -0.05) is 0 Å². The van der Waals surface area contributed by atoms with Gasteiger partial charge in [0, 0.05) is 24.7 Å². The SMILES string of the molecule is COc1ccc(S(=O)(=O)N2CCC[C@@H](C(=O)N[C@H](C)C(=O)Nc3nccs3)C2)cc1. The van der Waals surface area contributed by atoms with E-state index < -0.39 is 22.0 Å². The summed E-state index contributed by atoms with van der Waals surface area (Å²) in [5.74, 6) is -0.681. The largest absolute Gasteiger partial charge is 0.497 e. The predicted octanol–water partition coefficient (Wildman–Crippen LogP) is 1.70. The number of benzene rings is 1. The van der Waals surface area contributed by atoms with Crippen molar-refractivity contribution in [1.29, 1.82) is 0 Å². The molecule has 2 atom stereocenters. The van der Waals surface area contributed by atoms with E-state index in [1.54, 1.807) is 30.6 Å². The number of hydrogen-bond acceptors (Lipinski definition) is 7. The smallest absolute Gasteiger partial charge is 0.248 e. The van der Waals surface area contributed by atoms with Gasteiger partial charge >= 0.3 is 0 Å². The predicted molar refractivity (Wildman–Crippen MR) is 113 cm³/mol. The number of piperidine rings is 1. The summed E-state index contributed by atoms with van der Waals surface area (Å²) in [5, 5.41) is 7.50. The van der Waals surface area contributed by atoms with Crippen LogP contribution in [0.1, 0.15) is 19.8 Å². The number of ether oxygens (including phenoxy) is 1. The molecule has 0 unspecified atom stereocenters. The molecule has 162 valence electrons. The van der Waals surface area contributed by atoms with Gasteiger partial charge in [0.15, 0.2) is 5.13 Å². The topological polar surface area (TPSA) is 118 Å². The first-order valence-corrected chi connectivity index (χ1v) is 11.8. The normalized spacial score (nSPS) is 18.4. The fourth-order valence-electron chi connectivity index (χ4n) is 3.17. The average Bonchev–Trinajstić information content (AvgIpc) is 3.26. The zero-order valence-corrected chi connectivity index (χ0v) is 18.3. The molecule has 2 N–H and O–H groups in total. The summed E-state index contributed by atoms with van der Waals surface area (Å²) in [7, 11) is -2.21. The molecule has 1 fully saturated rings. The molecule has 0 radical (unpaired) electrons. The molecule has 2 aromatic rings. The van der Waals surface area contributed by atoms with E-state index >= 15 is 0 Å². The number of methoxy groups -OCH3 is 1. The van der Waals surface area contributed by atoms with Crippen molar-refractivity contribution < 1.29 is 22.7 Å². The number of rotatable bonds is 7. The molecule has 1 aliphatic heterocycles. The summed E-state index contributed by atoms with van der Waals surface area (Å²) < 4.78 is 32.3. The summed E-state index contributed by atoms with van der Waals surface area (Å²) in [5.41, 5.74) is 0. The van der Waals surface area contributed by atoms with E-state index in [0.29, 0.717) is 30.3 Å². The Bertz CT molecular complexity index is 977. The Hall–Kier alpha value is -2.50. The third-order valence-corrected chi connectivity index (χ3v) is 7.43. The van der Waals surface area contributed by atoms with Crippen LogP contribution in [0.25, 0.3) is 0 Å². The Morgan fingerprint density at radius 3 is 2.67 bits per heavy atom. The molecule has 1 aromatic heterocycles. The number of anilines is 1. The Balaban J connectivity index is 1.61.